The smallest absolute Gasteiger partial charge is 0.219 e. The molecule has 0 radical (unpaired) electrons. The number of thioether (sulfide) groups is 1. The molecular formula is C10H14ClN3OS. The summed E-state index contributed by atoms with van der Waals surface area (Å²) in [6.45, 7) is 1.94. The third-order valence-electron chi connectivity index (χ3n) is 2.37. The van der Waals surface area contributed by atoms with Crippen LogP contribution >= 0.6 is 23.4 Å². The fraction of sp³-hybridized carbons (Fsp3) is 0.600. The molecule has 1 aliphatic heterocycles. The molecule has 6 heteroatoms. The zero-order valence-corrected chi connectivity index (χ0v) is 10.6. The minimum Gasteiger partial charge on any atom is -0.473 e. The Morgan fingerprint density at radius 3 is 3.12 bits per heavy atom. The Kier molecular flexibility index (Phi) is 4.26. The van der Waals surface area contributed by atoms with Crippen molar-refractivity contribution in [1.82, 2.24) is 15.3 Å². The molecule has 4 nitrogen and oxygen atoms in total. The van der Waals surface area contributed by atoms with Gasteiger partial charge in [0, 0.05) is 12.6 Å². The molecule has 0 saturated carbocycles. The second-order valence-corrected chi connectivity index (χ2v) is 4.76. The molecule has 0 aromatic carbocycles. The minimum atomic E-state index is 0.189. The highest BCUT2D eigenvalue weighted by Crippen LogP contribution is 2.20. The molecule has 1 atom stereocenters. The molecule has 0 unspecified atom stereocenters. The van der Waals surface area contributed by atoms with E-state index in [0.717, 1.165) is 25.9 Å². The summed E-state index contributed by atoms with van der Waals surface area (Å²) < 4.78 is 5.77. The van der Waals surface area contributed by atoms with Crippen LogP contribution in [0.3, 0.4) is 0 Å². The molecule has 1 aliphatic rings. The van der Waals surface area contributed by atoms with Crippen LogP contribution in [0, 0.1) is 0 Å². The van der Waals surface area contributed by atoms with Gasteiger partial charge in [0.05, 0.1) is 0 Å². The molecule has 1 aromatic heterocycles. The van der Waals surface area contributed by atoms with Crippen molar-refractivity contribution in [3.8, 4) is 5.88 Å². The number of hydrogen-bond donors (Lipinski definition) is 1. The lowest BCUT2D eigenvalue weighted by Gasteiger charge is -2.23. The Morgan fingerprint density at radius 1 is 1.56 bits per heavy atom. The van der Waals surface area contributed by atoms with E-state index in [-0.39, 0.29) is 6.10 Å². The number of rotatable bonds is 3. The lowest BCUT2D eigenvalue weighted by molar-refractivity contribution is 0.159. The number of nitrogens with one attached hydrogen (secondary N) is 1. The summed E-state index contributed by atoms with van der Waals surface area (Å²) in [7, 11) is 0. The Hall–Kier alpha value is -0.520. The van der Waals surface area contributed by atoms with Gasteiger partial charge in [0.25, 0.3) is 0 Å². The average molecular weight is 260 g/mol. The maximum Gasteiger partial charge on any atom is 0.219 e. The first-order chi connectivity index (χ1) is 7.78. The highest BCUT2D eigenvalue weighted by molar-refractivity contribution is 7.98. The molecule has 0 bridgehead atoms. The van der Waals surface area contributed by atoms with E-state index in [0.29, 0.717) is 16.2 Å². The van der Waals surface area contributed by atoms with Gasteiger partial charge in [-0.15, -0.1) is 0 Å². The molecule has 0 amide bonds. The number of hydrogen-bond acceptors (Lipinski definition) is 5. The lowest BCUT2D eigenvalue weighted by Crippen LogP contribution is -2.37. The highest BCUT2D eigenvalue weighted by atomic mass is 35.5. The third-order valence-corrected chi connectivity index (χ3v) is 3.11. The van der Waals surface area contributed by atoms with Gasteiger partial charge in [-0.25, -0.2) is 4.98 Å². The maximum absolute atomic E-state index is 5.89. The normalized spacial score (nSPS) is 20.8. The van der Waals surface area contributed by atoms with Crippen LogP contribution in [-0.4, -0.2) is 35.4 Å². The Morgan fingerprint density at radius 2 is 2.44 bits per heavy atom. The molecule has 1 N–H and O–H groups in total. The van der Waals surface area contributed by atoms with Crippen LogP contribution in [0.25, 0.3) is 0 Å². The van der Waals surface area contributed by atoms with Crippen LogP contribution in [0.2, 0.25) is 5.15 Å². The van der Waals surface area contributed by atoms with E-state index in [2.05, 4.69) is 15.3 Å². The van der Waals surface area contributed by atoms with Crippen molar-refractivity contribution >= 4 is 23.4 Å². The SMILES string of the molecule is CSc1nc(Cl)cc(O[C@@H]2CCCNC2)n1. The molecule has 2 heterocycles. The topological polar surface area (TPSA) is 47.0 Å². The van der Waals surface area contributed by atoms with Crippen molar-refractivity contribution < 1.29 is 4.74 Å². The summed E-state index contributed by atoms with van der Waals surface area (Å²) in [4.78, 5) is 8.33. The van der Waals surface area contributed by atoms with Gasteiger partial charge in [0.1, 0.15) is 11.3 Å². The van der Waals surface area contributed by atoms with Crippen LogP contribution in [0.1, 0.15) is 12.8 Å². The van der Waals surface area contributed by atoms with E-state index >= 15 is 0 Å². The van der Waals surface area contributed by atoms with E-state index in [1.54, 1.807) is 6.07 Å². The summed E-state index contributed by atoms with van der Waals surface area (Å²) in [5.74, 6) is 0.568. The summed E-state index contributed by atoms with van der Waals surface area (Å²) in [5, 5.41) is 4.37. The quantitative estimate of drug-likeness (QED) is 0.511. The predicted octanol–water partition coefficient (Wildman–Crippen LogP) is 1.98. The van der Waals surface area contributed by atoms with E-state index in [9.17, 15) is 0 Å². The minimum absolute atomic E-state index is 0.189. The fourth-order valence-corrected chi connectivity index (χ4v) is 2.21. The summed E-state index contributed by atoms with van der Waals surface area (Å²) >= 11 is 7.34. The van der Waals surface area contributed by atoms with Gasteiger partial charge in [-0.2, -0.15) is 4.98 Å². The summed E-state index contributed by atoms with van der Waals surface area (Å²) in [6.07, 6.45) is 4.30. The molecule has 2 rings (SSSR count). The Bertz CT molecular complexity index is 358. The number of halogens is 1. The van der Waals surface area contributed by atoms with Crippen molar-refractivity contribution in [3.63, 3.8) is 0 Å². The van der Waals surface area contributed by atoms with E-state index < -0.39 is 0 Å². The number of aromatic nitrogens is 2. The Balaban J connectivity index is 2.04. The zero-order valence-electron chi connectivity index (χ0n) is 9.07. The van der Waals surface area contributed by atoms with Gasteiger partial charge in [-0.1, -0.05) is 23.4 Å². The van der Waals surface area contributed by atoms with Crippen molar-refractivity contribution in [3.05, 3.63) is 11.2 Å². The van der Waals surface area contributed by atoms with Crippen LogP contribution in [0.15, 0.2) is 11.2 Å². The van der Waals surface area contributed by atoms with Crippen molar-refractivity contribution in [2.45, 2.75) is 24.1 Å². The van der Waals surface area contributed by atoms with Gasteiger partial charge in [-0.05, 0) is 25.6 Å². The predicted molar refractivity (Wildman–Crippen MR) is 65.3 cm³/mol. The molecule has 0 aliphatic carbocycles. The number of ether oxygens (including phenoxy) is 1. The van der Waals surface area contributed by atoms with Crippen molar-refractivity contribution in [2.24, 2.45) is 0 Å². The van der Waals surface area contributed by atoms with Crippen molar-refractivity contribution in [2.75, 3.05) is 19.3 Å². The van der Waals surface area contributed by atoms with Crippen LogP contribution in [0.5, 0.6) is 5.88 Å². The molecular weight excluding hydrogens is 246 g/mol. The van der Waals surface area contributed by atoms with Gasteiger partial charge in [0.15, 0.2) is 5.16 Å². The molecule has 16 heavy (non-hydrogen) atoms. The molecule has 88 valence electrons. The first-order valence-corrected chi connectivity index (χ1v) is 6.84. The van der Waals surface area contributed by atoms with Gasteiger partial charge < -0.3 is 10.1 Å². The second-order valence-electron chi connectivity index (χ2n) is 3.60. The summed E-state index contributed by atoms with van der Waals surface area (Å²) in [6, 6.07) is 1.66. The summed E-state index contributed by atoms with van der Waals surface area (Å²) in [5.41, 5.74) is 0. The number of piperidine rings is 1. The van der Waals surface area contributed by atoms with Crippen LogP contribution in [0.4, 0.5) is 0 Å². The molecule has 0 spiro atoms. The average Bonchev–Trinajstić information content (AvgIpc) is 2.29. The van der Waals surface area contributed by atoms with E-state index in [1.165, 1.54) is 11.8 Å². The maximum atomic E-state index is 5.89. The van der Waals surface area contributed by atoms with Crippen LogP contribution < -0.4 is 10.1 Å². The van der Waals surface area contributed by atoms with Crippen molar-refractivity contribution in [1.29, 1.82) is 0 Å². The monoisotopic (exact) mass is 259 g/mol. The van der Waals surface area contributed by atoms with Crippen LogP contribution in [-0.2, 0) is 0 Å². The molecule has 1 aromatic rings. The number of nitrogens with zero attached hydrogens (tertiary/aromatic N) is 2. The van der Waals surface area contributed by atoms with Gasteiger partial charge in [-0.3, -0.25) is 0 Å². The van der Waals surface area contributed by atoms with E-state index in [1.807, 2.05) is 6.26 Å². The fourth-order valence-electron chi connectivity index (χ4n) is 1.62. The first-order valence-electron chi connectivity index (χ1n) is 5.24. The molecule has 1 saturated heterocycles. The Labute approximate surface area is 104 Å². The zero-order chi connectivity index (χ0) is 11.4. The third kappa shape index (κ3) is 3.23. The standard InChI is InChI=1S/C10H14ClN3OS/c1-16-10-13-8(11)5-9(14-10)15-7-3-2-4-12-6-7/h5,7,12H,2-4,6H2,1H3/t7-/m1/s1. The largest absolute Gasteiger partial charge is 0.473 e. The van der Waals surface area contributed by atoms with E-state index in [4.69, 9.17) is 16.3 Å². The highest BCUT2D eigenvalue weighted by Gasteiger charge is 2.15. The first kappa shape index (κ1) is 12.0. The molecule has 1 fully saturated rings. The van der Waals surface area contributed by atoms with Gasteiger partial charge in [0.2, 0.25) is 5.88 Å². The lowest BCUT2D eigenvalue weighted by atomic mass is 10.1. The van der Waals surface area contributed by atoms with Gasteiger partial charge >= 0.3 is 0 Å². The second kappa shape index (κ2) is 5.70.